The number of aromatic amines is 1. The number of para-hydroxylation sites is 1. The first-order chi connectivity index (χ1) is 11.6. The van der Waals surface area contributed by atoms with E-state index >= 15 is 0 Å². The van der Waals surface area contributed by atoms with Crippen molar-refractivity contribution in [3.63, 3.8) is 0 Å². The van der Waals surface area contributed by atoms with E-state index in [9.17, 15) is 9.59 Å². The number of piperazine rings is 1. The summed E-state index contributed by atoms with van der Waals surface area (Å²) in [7, 11) is 0. The van der Waals surface area contributed by atoms with Crippen molar-refractivity contribution in [2.24, 2.45) is 0 Å². The molecule has 2 heterocycles. The highest BCUT2D eigenvalue weighted by molar-refractivity contribution is 6.10. The second kappa shape index (κ2) is 7.05. The van der Waals surface area contributed by atoms with E-state index in [1.807, 2.05) is 31.2 Å². The van der Waals surface area contributed by atoms with Gasteiger partial charge in [-0.25, -0.2) is 4.79 Å². The highest BCUT2D eigenvalue weighted by Gasteiger charge is 2.29. The molecule has 128 valence electrons. The molecule has 0 radical (unpaired) electrons. The van der Waals surface area contributed by atoms with E-state index in [1.165, 1.54) is 0 Å². The van der Waals surface area contributed by atoms with Crippen LogP contribution in [-0.4, -0.2) is 65.5 Å². The molecule has 0 saturated carbocycles. The molecule has 1 N–H and O–H groups in total. The van der Waals surface area contributed by atoms with Crippen molar-refractivity contribution >= 4 is 22.8 Å². The van der Waals surface area contributed by atoms with Gasteiger partial charge in [0.1, 0.15) is 0 Å². The lowest BCUT2D eigenvalue weighted by molar-refractivity contribution is 0.0605. The second-order valence-corrected chi connectivity index (χ2v) is 6.01. The fraction of sp³-hybridized carbons (Fsp3) is 0.444. The number of Topliss-reactive ketones (excluding diaryl/α,β-unsaturated/α-hetero) is 1. The lowest BCUT2D eigenvalue weighted by atomic mass is 10.0. The number of hydrogen-bond acceptors (Lipinski definition) is 4. The van der Waals surface area contributed by atoms with Gasteiger partial charge in [-0.2, -0.15) is 0 Å². The standard InChI is InChI=1S/C18H23N3O3/c1-3-24-18(23)21-10-8-20(9-11-21)13(2)17(22)15-12-19-16-7-5-4-6-14(15)16/h4-7,12-13,19H,3,8-11H2,1-2H3/t13-/m0/s1. The summed E-state index contributed by atoms with van der Waals surface area (Å²) in [6.45, 7) is 6.64. The third kappa shape index (κ3) is 3.14. The quantitative estimate of drug-likeness (QED) is 0.875. The molecule has 0 spiro atoms. The fourth-order valence-electron chi connectivity index (χ4n) is 3.17. The molecule has 1 aromatic heterocycles. The Hall–Kier alpha value is -2.34. The summed E-state index contributed by atoms with van der Waals surface area (Å²) in [6, 6.07) is 7.61. The molecule has 6 nitrogen and oxygen atoms in total. The molecule has 3 rings (SSSR count). The number of carbonyl (C=O) groups is 2. The average molecular weight is 329 g/mol. The van der Waals surface area contributed by atoms with Crippen LogP contribution in [0.3, 0.4) is 0 Å². The molecule has 1 aliphatic heterocycles. The molecule has 1 fully saturated rings. The first kappa shape index (κ1) is 16.5. The predicted molar refractivity (Wildman–Crippen MR) is 92.3 cm³/mol. The lowest BCUT2D eigenvalue weighted by Gasteiger charge is -2.36. The van der Waals surface area contributed by atoms with Crippen LogP contribution in [0, 0.1) is 0 Å². The summed E-state index contributed by atoms with van der Waals surface area (Å²) in [4.78, 5) is 31.6. The molecule has 1 aliphatic rings. The summed E-state index contributed by atoms with van der Waals surface area (Å²) in [5, 5.41) is 0.958. The number of nitrogens with one attached hydrogen (secondary N) is 1. The summed E-state index contributed by atoms with van der Waals surface area (Å²) in [5.41, 5.74) is 1.70. The van der Waals surface area contributed by atoms with E-state index in [1.54, 1.807) is 18.0 Å². The van der Waals surface area contributed by atoms with Gasteiger partial charge in [0.05, 0.1) is 12.6 Å². The number of benzene rings is 1. The van der Waals surface area contributed by atoms with Gasteiger partial charge in [0.2, 0.25) is 0 Å². The predicted octanol–water partition coefficient (Wildman–Crippen LogP) is 2.51. The van der Waals surface area contributed by atoms with Crippen LogP contribution in [0.1, 0.15) is 24.2 Å². The fourth-order valence-corrected chi connectivity index (χ4v) is 3.17. The number of nitrogens with zero attached hydrogens (tertiary/aromatic N) is 2. The van der Waals surface area contributed by atoms with Gasteiger partial charge in [0, 0.05) is 48.8 Å². The Morgan fingerprint density at radius 3 is 2.62 bits per heavy atom. The number of ketones is 1. The summed E-state index contributed by atoms with van der Waals surface area (Å²) in [6.07, 6.45) is 1.52. The summed E-state index contributed by atoms with van der Waals surface area (Å²) < 4.78 is 5.03. The topological polar surface area (TPSA) is 65.6 Å². The number of hydrogen-bond donors (Lipinski definition) is 1. The second-order valence-electron chi connectivity index (χ2n) is 6.01. The van der Waals surface area contributed by atoms with Crippen molar-refractivity contribution in [2.75, 3.05) is 32.8 Å². The van der Waals surface area contributed by atoms with Gasteiger partial charge < -0.3 is 14.6 Å². The molecule has 0 bridgehead atoms. The smallest absolute Gasteiger partial charge is 0.409 e. The Morgan fingerprint density at radius 1 is 1.21 bits per heavy atom. The van der Waals surface area contributed by atoms with E-state index in [0.717, 1.165) is 16.5 Å². The molecule has 0 aliphatic carbocycles. The maximum Gasteiger partial charge on any atom is 0.409 e. The Kier molecular flexibility index (Phi) is 4.85. The van der Waals surface area contributed by atoms with Gasteiger partial charge in [0.25, 0.3) is 0 Å². The lowest BCUT2D eigenvalue weighted by Crippen LogP contribution is -2.53. The van der Waals surface area contributed by atoms with Crippen molar-refractivity contribution in [1.29, 1.82) is 0 Å². The van der Waals surface area contributed by atoms with Gasteiger partial charge in [-0.1, -0.05) is 18.2 Å². The van der Waals surface area contributed by atoms with Crippen molar-refractivity contribution in [3.05, 3.63) is 36.0 Å². The van der Waals surface area contributed by atoms with Crippen molar-refractivity contribution in [2.45, 2.75) is 19.9 Å². The maximum absolute atomic E-state index is 12.9. The van der Waals surface area contributed by atoms with Crippen LogP contribution in [0.2, 0.25) is 0 Å². The SMILES string of the molecule is CCOC(=O)N1CCN([C@@H](C)C(=O)c2c[nH]c3ccccc23)CC1. The van der Waals surface area contributed by atoms with Crippen molar-refractivity contribution in [1.82, 2.24) is 14.8 Å². The number of H-pyrrole nitrogens is 1. The van der Waals surface area contributed by atoms with Crippen LogP contribution in [-0.2, 0) is 4.74 Å². The number of fused-ring (bicyclic) bond motifs is 1. The highest BCUT2D eigenvalue weighted by Crippen LogP contribution is 2.21. The number of carbonyl (C=O) groups excluding carboxylic acids is 2. The minimum absolute atomic E-state index is 0.108. The number of amides is 1. The van der Waals surface area contributed by atoms with E-state index < -0.39 is 0 Å². The Bertz CT molecular complexity index is 732. The molecule has 0 unspecified atom stereocenters. The first-order valence-electron chi connectivity index (χ1n) is 8.38. The van der Waals surface area contributed by atoms with Crippen molar-refractivity contribution in [3.8, 4) is 0 Å². The van der Waals surface area contributed by atoms with Gasteiger partial charge in [0.15, 0.2) is 5.78 Å². The van der Waals surface area contributed by atoms with Crippen LogP contribution < -0.4 is 0 Å². The minimum Gasteiger partial charge on any atom is -0.450 e. The molecule has 1 aromatic carbocycles. The summed E-state index contributed by atoms with van der Waals surface area (Å²) >= 11 is 0. The molecule has 6 heteroatoms. The number of rotatable bonds is 4. The van der Waals surface area contributed by atoms with E-state index in [-0.39, 0.29) is 17.9 Å². The molecule has 1 atom stereocenters. The Morgan fingerprint density at radius 2 is 1.92 bits per heavy atom. The monoisotopic (exact) mass is 329 g/mol. The zero-order chi connectivity index (χ0) is 17.1. The zero-order valence-corrected chi connectivity index (χ0v) is 14.1. The number of ether oxygens (including phenoxy) is 1. The van der Waals surface area contributed by atoms with Crippen LogP contribution in [0.5, 0.6) is 0 Å². The van der Waals surface area contributed by atoms with Crippen LogP contribution >= 0.6 is 0 Å². The van der Waals surface area contributed by atoms with Crippen molar-refractivity contribution < 1.29 is 14.3 Å². The third-order valence-corrected chi connectivity index (χ3v) is 4.62. The van der Waals surface area contributed by atoms with Crippen LogP contribution in [0.4, 0.5) is 4.79 Å². The summed E-state index contributed by atoms with van der Waals surface area (Å²) in [5.74, 6) is 0.108. The molecule has 1 saturated heterocycles. The zero-order valence-electron chi connectivity index (χ0n) is 14.1. The van der Waals surface area contributed by atoms with E-state index in [0.29, 0.717) is 32.8 Å². The average Bonchev–Trinajstić information content (AvgIpc) is 3.05. The van der Waals surface area contributed by atoms with Crippen LogP contribution in [0.15, 0.2) is 30.5 Å². The van der Waals surface area contributed by atoms with E-state index in [4.69, 9.17) is 4.74 Å². The third-order valence-electron chi connectivity index (χ3n) is 4.62. The molecule has 1 amide bonds. The highest BCUT2D eigenvalue weighted by atomic mass is 16.6. The van der Waals surface area contributed by atoms with Gasteiger partial charge in [-0.3, -0.25) is 9.69 Å². The largest absolute Gasteiger partial charge is 0.450 e. The number of aromatic nitrogens is 1. The maximum atomic E-state index is 12.9. The Balaban J connectivity index is 1.66. The van der Waals surface area contributed by atoms with Gasteiger partial charge in [-0.05, 0) is 19.9 Å². The van der Waals surface area contributed by atoms with Crippen LogP contribution in [0.25, 0.3) is 10.9 Å². The normalized spacial score (nSPS) is 17.0. The van der Waals surface area contributed by atoms with Gasteiger partial charge >= 0.3 is 6.09 Å². The first-order valence-corrected chi connectivity index (χ1v) is 8.38. The van der Waals surface area contributed by atoms with E-state index in [2.05, 4.69) is 9.88 Å². The van der Waals surface area contributed by atoms with Gasteiger partial charge in [-0.15, -0.1) is 0 Å². The Labute approximate surface area is 141 Å². The molecular formula is C18H23N3O3. The molecule has 2 aromatic rings. The molecular weight excluding hydrogens is 306 g/mol. The molecule has 24 heavy (non-hydrogen) atoms. The minimum atomic E-state index is -0.271.